The number of ether oxygens (including phenoxy) is 1. The van der Waals surface area contributed by atoms with Crippen molar-refractivity contribution in [2.45, 2.75) is 43.0 Å². The van der Waals surface area contributed by atoms with Crippen LogP contribution in [0.5, 0.6) is 5.75 Å². The summed E-state index contributed by atoms with van der Waals surface area (Å²) in [6.45, 7) is 2.17. The predicted octanol–water partition coefficient (Wildman–Crippen LogP) is 1.46. The Morgan fingerprint density at radius 3 is 2.76 bits per heavy atom. The summed E-state index contributed by atoms with van der Waals surface area (Å²) in [5.41, 5.74) is 0. The highest BCUT2D eigenvalue weighted by Gasteiger charge is 2.41. The van der Waals surface area contributed by atoms with Crippen molar-refractivity contribution >= 4 is 15.9 Å². The highest BCUT2D eigenvalue weighted by atomic mass is 32.2. The Bertz CT molecular complexity index is 1000. The Balaban J connectivity index is 1.59. The van der Waals surface area contributed by atoms with Gasteiger partial charge in [0.15, 0.2) is 5.82 Å². The first kappa shape index (κ1) is 19.8. The minimum absolute atomic E-state index is 0.0189. The smallest absolute Gasteiger partial charge is 0.243 e. The predicted molar refractivity (Wildman–Crippen MR) is 103 cm³/mol. The van der Waals surface area contributed by atoms with Gasteiger partial charge in [0.05, 0.1) is 24.0 Å². The number of piperidine rings is 1. The van der Waals surface area contributed by atoms with Crippen molar-refractivity contribution in [1.29, 1.82) is 0 Å². The second kappa shape index (κ2) is 7.75. The molecule has 2 atom stereocenters. The van der Waals surface area contributed by atoms with Crippen LogP contribution >= 0.6 is 0 Å². The number of carbonyl (C=O) groups is 1. The molecule has 0 spiro atoms. The van der Waals surface area contributed by atoms with E-state index in [9.17, 15) is 13.2 Å². The third-order valence-corrected chi connectivity index (χ3v) is 7.25. The van der Waals surface area contributed by atoms with Crippen molar-refractivity contribution in [1.82, 2.24) is 19.8 Å². The van der Waals surface area contributed by atoms with Crippen molar-refractivity contribution in [3.05, 3.63) is 36.0 Å². The highest BCUT2D eigenvalue weighted by Crippen LogP contribution is 2.33. The molecule has 1 saturated heterocycles. The van der Waals surface area contributed by atoms with Crippen LogP contribution in [-0.4, -0.2) is 55.0 Å². The van der Waals surface area contributed by atoms with Gasteiger partial charge in [-0.1, -0.05) is 11.2 Å². The number of sulfonamides is 1. The second-order valence-corrected chi connectivity index (χ2v) is 9.44. The Labute approximate surface area is 169 Å². The van der Waals surface area contributed by atoms with Crippen molar-refractivity contribution in [2.24, 2.45) is 5.92 Å². The monoisotopic (exact) mass is 420 g/mol. The summed E-state index contributed by atoms with van der Waals surface area (Å²) in [6.07, 6.45) is 2.21. The van der Waals surface area contributed by atoms with Gasteiger partial charge in [0, 0.05) is 25.1 Å². The fourth-order valence-electron chi connectivity index (χ4n) is 3.60. The summed E-state index contributed by atoms with van der Waals surface area (Å²) in [5.74, 6) is 1.17. The van der Waals surface area contributed by atoms with Gasteiger partial charge in [-0.2, -0.15) is 9.29 Å². The van der Waals surface area contributed by atoms with Crippen LogP contribution in [0.3, 0.4) is 0 Å². The van der Waals surface area contributed by atoms with Crippen molar-refractivity contribution in [3.8, 4) is 5.75 Å². The Kier molecular flexibility index (Phi) is 5.30. The van der Waals surface area contributed by atoms with E-state index in [1.54, 1.807) is 25.1 Å². The topological polar surface area (TPSA) is 115 Å². The van der Waals surface area contributed by atoms with Crippen LogP contribution in [0, 0.1) is 12.8 Å². The van der Waals surface area contributed by atoms with Gasteiger partial charge < -0.3 is 14.6 Å². The molecular formula is C19H24N4O5S. The number of benzene rings is 1. The number of carbonyl (C=O) groups excluding carboxylic acids is 1. The normalized spacial score (nSPS) is 23.0. The van der Waals surface area contributed by atoms with Crippen LogP contribution in [0.2, 0.25) is 0 Å². The van der Waals surface area contributed by atoms with E-state index in [0.717, 1.165) is 12.8 Å². The number of aryl methyl sites for hydroxylation is 1. The molecule has 1 amide bonds. The minimum Gasteiger partial charge on any atom is -0.497 e. The van der Waals surface area contributed by atoms with Crippen LogP contribution in [-0.2, 0) is 14.8 Å². The summed E-state index contributed by atoms with van der Waals surface area (Å²) in [4.78, 5) is 16.9. The Morgan fingerprint density at radius 2 is 2.10 bits per heavy atom. The molecule has 4 rings (SSSR count). The van der Waals surface area contributed by atoms with Gasteiger partial charge in [-0.25, -0.2) is 8.42 Å². The zero-order chi connectivity index (χ0) is 20.6. The molecule has 1 saturated carbocycles. The average Bonchev–Trinajstić information content (AvgIpc) is 3.49. The van der Waals surface area contributed by atoms with Gasteiger partial charge in [0.25, 0.3) is 0 Å². The number of amides is 1. The molecular weight excluding hydrogens is 396 g/mol. The SMILES string of the molecule is COc1cccc(S(=O)(=O)N2CC[C@H](c3nc(C)no3)[C@H](NC(=O)C3CC3)C2)c1. The average molecular weight is 420 g/mol. The molecule has 0 bridgehead atoms. The van der Waals surface area contributed by atoms with Gasteiger partial charge in [-0.15, -0.1) is 0 Å². The summed E-state index contributed by atoms with van der Waals surface area (Å²) >= 11 is 0. The number of nitrogens with one attached hydrogen (secondary N) is 1. The minimum atomic E-state index is -3.73. The van der Waals surface area contributed by atoms with Gasteiger partial charge in [0.2, 0.25) is 21.8 Å². The van der Waals surface area contributed by atoms with E-state index in [4.69, 9.17) is 9.26 Å². The molecule has 2 aromatic rings. The molecule has 0 radical (unpaired) electrons. The molecule has 1 aromatic carbocycles. The fraction of sp³-hybridized carbons (Fsp3) is 0.526. The van der Waals surface area contributed by atoms with Gasteiger partial charge in [-0.3, -0.25) is 4.79 Å². The molecule has 1 aromatic heterocycles. The molecule has 10 heteroatoms. The lowest BCUT2D eigenvalue weighted by atomic mass is 9.92. The highest BCUT2D eigenvalue weighted by molar-refractivity contribution is 7.89. The van der Waals surface area contributed by atoms with Crippen molar-refractivity contribution in [2.75, 3.05) is 20.2 Å². The third-order valence-electron chi connectivity index (χ3n) is 5.39. The quantitative estimate of drug-likeness (QED) is 0.752. The molecule has 29 heavy (non-hydrogen) atoms. The number of methoxy groups -OCH3 is 1. The first-order valence-corrected chi connectivity index (χ1v) is 11.1. The fourth-order valence-corrected chi connectivity index (χ4v) is 5.12. The summed E-state index contributed by atoms with van der Waals surface area (Å²) in [5, 5.41) is 6.86. The van der Waals surface area contributed by atoms with Crippen molar-refractivity contribution in [3.63, 3.8) is 0 Å². The molecule has 2 aliphatic rings. The number of nitrogens with zero attached hydrogens (tertiary/aromatic N) is 3. The second-order valence-electron chi connectivity index (χ2n) is 7.51. The Morgan fingerprint density at radius 1 is 1.31 bits per heavy atom. The number of hydrogen-bond acceptors (Lipinski definition) is 7. The van der Waals surface area contributed by atoms with E-state index in [2.05, 4.69) is 15.5 Å². The maximum absolute atomic E-state index is 13.2. The molecule has 156 valence electrons. The van der Waals surface area contributed by atoms with Crippen LogP contribution in [0.15, 0.2) is 33.7 Å². The molecule has 1 aliphatic carbocycles. The van der Waals surface area contributed by atoms with E-state index in [1.807, 2.05) is 0 Å². The molecule has 9 nitrogen and oxygen atoms in total. The third kappa shape index (κ3) is 4.13. The molecule has 0 unspecified atom stereocenters. The maximum Gasteiger partial charge on any atom is 0.243 e. The molecule has 2 fully saturated rings. The molecule has 1 N–H and O–H groups in total. The molecule has 2 heterocycles. The first-order valence-electron chi connectivity index (χ1n) is 9.63. The summed E-state index contributed by atoms with van der Waals surface area (Å²) in [7, 11) is -2.24. The van der Waals surface area contributed by atoms with Gasteiger partial charge >= 0.3 is 0 Å². The van der Waals surface area contributed by atoms with Crippen LogP contribution in [0.4, 0.5) is 0 Å². The van der Waals surface area contributed by atoms with Crippen LogP contribution < -0.4 is 10.1 Å². The van der Waals surface area contributed by atoms with E-state index < -0.39 is 16.1 Å². The van der Waals surface area contributed by atoms with Gasteiger partial charge in [0.1, 0.15) is 5.75 Å². The van der Waals surface area contributed by atoms with Crippen molar-refractivity contribution < 1.29 is 22.5 Å². The lowest BCUT2D eigenvalue weighted by Gasteiger charge is -2.36. The van der Waals surface area contributed by atoms with Gasteiger partial charge in [-0.05, 0) is 38.3 Å². The number of aromatic nitrogens is 2. The van der Waals surface area contributed by atoms with E-state index in [0.29, 0.717) is 30.4 Å². The summed E-state index contributed by atoms with van der Waals surface area (Å²) in [6, 6.07) is 5.95. The van der Waals surface area contributed by atoms with Crippen LogP contribution in [0.1, 0.15) is 36.9 Å². The lowest BCUT2D eigenvalue weighted by Crippen LogP contribution is -2.53. The van der Waals surface area contributed by atoms with E-state index in [1.165, 1.54) is 17.5 Å². The lowest BCUT2D eigenvalue weighted by molar-refractivity contribution is -0.123. The largest absolute Gasteiger partial charge is 0.497 e. The molecule has 1 aliphatic heterocycles. The maximum atomic E-state index is 13.2. The Hall–Kier alpha value is -2.46. The first-order chi connectivity index (χ1) is 13.9. The zero-order valence-corrected chi connectivity index (χ0v) is 17.2. The van der Waals surface area contributed by atoms with E-state index >= 15 is 0 Å². The number of hydrogen-bond donors (Lipinski definition) is 1. The standard InChI is InChI=1S/C19H24N4O5S/c1-12-20-19(28-22-12)16-8-9-23(11-17(16)21-18(24)13-6-7-13)29(25,26)15-5-3-4-14(10-15)27-2/h3-5,10,13,16-17H,6-9,11H2,1-2H3,(H,21,24)/t16-,17+/m0/s1. The summed E-state index contributed by atoms with van der Waals surface area (Å²) < 4.78 is 38.3. The number of rotatable bonds is 6. The van der Waals surface area contributed by atoms with Crippen LogP contribution in [0.25, 0.3) is 0 Å². The van der Waals surface area contributed by atoms with E-state index in [-0.39, 0.29) is 29.2 Å². The zero-order valence-electron chi connectivity index (χ0n) is 16.4.